The van der Waals surface area contributed by atoms with E-state index in [1.54, 1.807) is 0 Å². The summed E-state index contributed by atoms with van der Waals surface area (Å²) in [4.78, 5) is 12.4. The van der Waals surface area contributed by atoms with Crippen LogP contribution in [0.1, 0.15) is 52.0 Å². The zero-order chi connectivity index (χ0) is 15.2. The van der Waals surface area contributed by atoms with E-state index < -0.39 is 5.60 Å². The SMILES string of the molecule is CCC(O)(CC)CNC(=O)C(c1ccccc1)C(C)C. The van der Waals surface area contributed by atoms with Gasteiger partial charge in [0.2, 0.25) is 5.91 Å². The highest BCUT2D eigenvalue weighted by molar-refractivity contribution is 5.84. The summed E-state index contributed by atoms with van der Waals surface area (Å²) in [5.74, 6) is 0.0365. The highest BCUT2D eigenvalue weighted by atomic mass is 16.3. The summed E-state index contributed by atoms with van der Waals surface area (Å²) in [6.45, 7) is 8.28. The molecule has 1 amide bonds. The fraction of sp³-hybridized carbons (Fsp3) is 0.588. The second-order valence-corrected chi connectivity index (χ2v) is 5.78. The predicted molar refractivity (Wildman–Crippen MR) is 82.6 cm³/mol. The summed E-state index contributed by atoms with van der Waals surface area (Å²) < 4.78 is 0. The van der Waals surface area contributed by atoms with Crippen LogP contribution in [-0.2, 0) is 4.79 Å². The van der Waals surface area contributed by atoms with Gasteiger partial charge in [0.25, 0.3) is 0 Å². The minimum absolute atomic E-state index is 0.00785. The summed E-state index contributed by atoms with van der Waals surface area (Å²) >= 11 is 0. The number of benzene rings is 1. The van der Waals surface area contributed by atoms with Gasteiger partial charge < -0.3 is 10.4 Å². The first-order valence-corrected chi connectivity index (χ1v) is 7.48. The van der Waals surface area contributed by atoms with Crippen molar-refractivity contribution in [3.05, 3.63) is 35.9 Å². The van der Waals surface area contributed by atoms with Crippen LogP contribution in [0.5, 0.6) is 0 Å². The monoisotopic (exact) mass is 277 g/mol. The van der Waals surface area contributed by atoms with Gasteiger partial charge in [-0.2, -0.15) is 0 Å². The minimum atomic E-state index is -0.798. The highest BCUT2D eigenvalue weighted by Gasteiger charge is 2.27. The molecule has 3 nitrogen and oxygen atoms in total. The van der Waals surface area contributed by atoms with Gasteiger partial charge in [0.1, 0.15) is 0 Å². The third-order valence-corrected chi connectivity index (χ3v) is 4.02. The minimum Gasteiger partial charge on any atom is -0.388 e. The maximum atomic E-state index is 12.4. The molecule has 112 valence electrons. The van der Waals surface area contributed by atoms with Gasteiger partial charge in [0, 0.05) is 6.54 Å². The second-order valence-electron chi connectivity index (χ2n) is 5.78. The maximum Gasteiger partial charge on any atom is 0.227 e. The molecule has 0 radical (unpaired) electrons. The Morgan fingerprint density at radius 2 is 1.75 bits per heavy atom. The number of nitrogens with one attached hydrogen (secondary N) is 1. The molecule has 0 aliphatic rings. The van der Waals surface area contributed by atoms with E-state index in [1.165, 1.54) is 0 Å². The maximum absolute atomic E-state index is 12.4. The average molecular weight is 277 g/mol. The van der Waals surface area contributed by atoms with E-state index in [0.717, 1.165) is 5.56 Å². The van der Waals surface area contributed by atoms with Gasteiger partial charge in [0.05, 0.1) is 11.5 Å². The summed E-state index contributed by atoms with van der Waals surface area (Å²) in [5.41, 5.74) is 0.227. The molecule has 3 heteroatoms. The molecule has 1 atom stereocenters. The fourth-order valence-corrected chi connectivity index (χ4v) is 2.36. The zero-order valence-electron chi connectivity index (χ0n) is 13.0. The van der Waals surface area contributed by atoms with Gasteiger partial charge in [-0.05, 0) is 24.3 Å². The van der Waals surface area contributed by atoms with Gasteiger partial charge in [-0.15, -0.1) is 0 Å². The third-order valence-electron chi connectivity index (χ3n) is 4.02. The van der Waals surface area contributed by atoms with Crippen molar-refractivity contribution in [2.45, 2.75) is 52.1 Å². The molecule has 0 aliphatic carbocycles. The van der Waals surface area contributed by atoms with Gasteiger partial charge >= 0.3 is 0 Å². The molecular weight excluding hydrogens is 250 g/mol. The van der Waals surface area contributed by atoms with Crippen LogP contribution in [0.3, 0.4) is 0 Å². The summed E-state index contributed by atoms with van der Waals surface area (Å²) in [6, 6.07) is 9.82. The molecule has 0 bridgehead atoms. The molecular formula is C17H27NO2. The van der Waals surface area contributed by atoms with Crippen molar-refractivity contribution < 1.29 is 9.90 Å². The Balaban J connectivity index is 2.77. The Hall–Kier alpha value is -1.35. The van der Waals surface area contributed by atoms with Gasteiger partial charge in [0.15, 0.2) is 0 Å². The number of amides is 1. The van der Waals surface area contributed by atoms with E-state index >= 15 is 0 Å². The number of carbonyl (C=O) groups excluding carboxylic acids is 1. The molecule has 1 aromatic carbocycles. The molecule has 2 N–H and O–H groups in total. The van der Waals surface area contributed by atoms with Crippen molar-refractivity contribution in [3.8, 4) is 0 Å². The van der Waals surface area contributed by atoms with E-state index in [1.807, 2.05) is 58.0 Å². The van der Waals surface area contributed by atoms with E-state index in [4.69, 9.17) is 0 Å². The normalized spacial score (nSPS) is 13.3. The van der Waals surface area contributed by atoms with Crippen LogP contribution < -0.4 is 5.32 Å². The molecule has 0 saturated heterocycles. The van der Waals surface area contributed by atoms with Crippen LogP contribution in [-0.4, -0.2) is 23.2 Å². The lowest BCUT2D eigenvalue weighted by atomic mass is 9.87. The lowest BCUT2D eigenvalue weighted by Gasteiger charge is -2.28. The predicted octanol–water partition coefficient (Wildman–Crippen LogP) is 3.09. The number of hydrogen-bond acceptors (Lipinski definition) is 2. The Morgan fingerprint density at radius 1 is 1.20 bits per heavy atom. The van der Waals surface area contributed by atoms with Crippen LogP contribution in [0.2, 0.25) is 0 Å². The van der Waals surface area contributed by atoms with Crippen LogP contribution in [0.25, 0.3) is 0 Å². The van der Waals surface area contributed by atoms with E-state index in [-0.39, 0.29) is 17.7 Å². The largest absolute Gasteiger partial charge is 0.388 e. The summed E-state index contributed by atoms with van der Waals surface area (Å²) in [5, 5.41) is 13.2. The van der Waals surface area contributed by atoms with Crippen molar-refractivity contribution in [2.75, 3.05) is 6.54 Å². The molecule has 1 rings (SSSR count). The van der Waals surface area contributed by atoms with Crippen molar-refractivity contribution in [3.63, 3.8) is 0 Å². The van der Waals surface area contributed by atoms with Crippen molar-refractivity contribution in [1.29, 1.82) is 0 Å². The highest BCUT2D eigenvalue weighted by Crippen LogP contribution is 2.24. The molecule has 0 fully saturated rings. The lowest BCUT2D eigenvalue weighted by Crippen LogP contribution is -2.44. The van der Waals surface area contributed by atoms with Crippen LogP contribution in [0.4, 0.5) is 0 Å². The third kappa shape index (κ3) is 4.34. The summed E-state index contributed by atoms with van der Waals surface area (Å²) in [7, 11) is 0. The van der Waals surface area contributed by atoms with Gasteiger partial charge in [-0.1, -0.05) is 58.0 Å². The number of hydrogen-bond donors (Lipinski definition) is 2. The van der Waals surface area contributed by atoms with Crippen molar-refractivity contribution in [1.82, 2.24) is 5.32 Å². The average Bonchev–Trinajstić information content (AvgIpc) is 2.46. The molecule has 1 aromatic rings. The van der Waals surface area contributed by atoms with Crippen LogP contribution in [0.15, 0.2) is 30.3 Å². The first-order chi connectivity index (χ1) is 9.43. The Labute approximate surface area is 122 Å². The zero-order valence-corrected chi connectivity index (χ0v) is 13.0. The Morgan fingerprint density at radius 3 is 2.20 bits per heavy atom. The smallest absolute Gasteiger partial charge is 0.227 e. The number of aliphatic hydroxyl groups is 1. The molecule has 0 heterocycles. The number of rotatable bonds is 7. The van der Waals surface area contributed by atoms with Crippen LogP contribution in [0, 0.1) is 5.92 Å². The molecule has 0 aliphatic heterocycles. The van der Waals surface area contributed by atoms with Crippen LogP contribution >= 0.6 is 0 Å². The molecule has 1 unspecified atom stereocenters. The topological polar surface area (TPSA) is 49.3 Å². The second kappa shape index (κ2) is 7.44. The summed E-state index contributed by atoms with van der Waals surface area (Å²) in [6.07, 6.45) is 1.28. The lowest BCUT2D eigenvalue weighted by molar-refractivity contribution is -0.124. The van der Waals surface area contributed by atoms with E-state index in [2.05, 4.69) is 5.32 Å². The first-order valence-electron chi connectivity index (χ1n) is 7.48. The van der Waals surface area contributed by atoms with Gasteiger partial charge in [-0.3, -0.25) is 4.79 Å². The first kappa shape index (κ1) is 16.7. The Kier molecular flexibility index (Phi) is 6.21. The molecule has 0 spiro atoms. The Bertz CT molecular complexity index is 410. The quantitative estimate of drug-likeness (QED) is 0.804. The van der Waals surface area contributed by atoms with Crippen molar-refractivity contribution in [2.24, 2.45) is 5.92 Å². The molecule has 0 aromatic heterocycles. The van der Waals surface area contributed by atoms with Crippen molar-refractivity contribution >= 4 is 5.91 Å². The standard InChI is InChI=1S/C17H27NO2/c1-5-17(20,6-2)12-18-16(19)15(13(3)4)14-10-8-7-9-11-14/h7-11,13,15,20H,5-6,12H2,1-4H3,(H,18,19). The van der Waals surface area contributed by atoms with E-state index in [9.17, 15) is 9.90 Å². The molecule has 20 heavy (non-hydrogen) atoms. The number of carbonyl (C=O) groups is 1. The molecule has 0 saturated carbocycles. The van der Waals surface area contributed by atoms with Gasteiger partial charge in [-0.25, -0.2) is 0 Å². The fourth-order valence-electron chi connectivity index (χ4n) is 2.36. The van der Waals surface area contributed by atoms with E-state index in [0.29, 0.717) is 19.4 Å².